The van der Waals surface area contributed by atoms with Gasteiger partial charge in [-0.3, -0.25) is 19.0 Å². The van der Waals surface area contributed by atoms with Gasteiger partial charge >= 0.3 is 11.1 Å². The van der Waals surface area contributed by atoms with Crippen LogP contribution in [0.5, 0.6) is 0 Å². The molecule has 0 spiro atoms. The Labute approximate surface area is 167 Å². The number of nitrogens with one attached hydrogen (secondary N) is 1. The molecule has 2 aromatic rings. The molecule has 2 aliphatic heterocycles. The number of fused-ring (bicyclic) bond motifs is 1. The monoisotopic (exact) mass is 405 g/mol. The zero-order chi connectivity index (χ0) is 19.8. The van der Waals surface area contributed by atoms with Gasteiger partial charge in [0.15, 0.2) is 5.65 Å². The number of carbonyl (C=O) groups excluding carboxylic acids is 1. The molecule has 0 aliphatic carbocycles. The lowest BCUT2D eigenvalue weighted by molar-refractivity contribution is -0.137. The molecule has 1 amide bonds. The molecular weight excluding hydrogens is 382 g/mol. The van der Waals surface area contributed by atoms with Gasteiger partial charge in [0.05, 0.1) is 10.5 Å². The molecule has 0 saturated carbocycles. The third-order valence-corrected chi connectivity index (χ3v) is 6.15. The van der Waals surface area contributed by atoms with Crippen molar-refractivity contribution in [2.45, 2.75) is 31.7 Å². The first-order chi connectivity index (χ1) is 13.5. The van der Waals surface area contributed by atoms with Crippen molar-refractivity contribution in [2.24, 2.45) is 13.0 Å². The van der Waals surface area contributed by atoms with Crippen LogP contribution in [0.3, 0.4) is 0 Å². The van der Waals surface area contributed by atoms with Crippen molar-refractivity contribution in [3.05, 3.63) is 38.0 Å². The van der Waals surface area contributed by atoms with Gasteiger partial charge in [-0.25, -0.2) is 4.98 Å². The van der Waals surface area contributed by atoms with Crippen molar-refractivity contribution in [1.82, 2.24) is 24.3 Å². The van der Waals surface area contributed by atoms with Crippen LogP contribution in [0.15, 0.2) is 21.9 Å². The molecule has 2 aliphatic rings. The van der Waals surface area contributed by atoms with Gasteiger partial charge in [-0.1, -0.05) is 11.6 Å². The van der Waals surface area contributed by atoms with E-state index in [1.54, 1.807) is 13.1 Å². The van der Waals surface area contributed by atoms with E-state index in [0.29, 0.717) is 42.1 Å². The van der Waals surface area contributed by atoms with Crippen LogP contribution in [-0.2, 0) is 11.8 Å². The van der Waals surface area contributed by atoms with E-state index in [-0.39, 0.29) is 17.9 Å². The average Bonchev–Trinajstić information content (AvgIpc) is 2.73. The highest BCUT2D eigenvalue weighted by molar-refractivity contribution is 6.31. The van der Waals surface area contributed by atoms with Crippen LogP contribution < -0.4 is 16.4 Å². The first kappa shape index (κ1) is 19.1. The maximum absolute atomic E-state index is 12.8. The summed E-state index contributed by atoms with van der Waals surface area (Å²) < 4.78 is 2.79. The number of likely N-dealkylation sites (tertiary alicyclic amines) is 1. The van der Waals surface area contributed by atoms with E-state index in [9.17, 15) is 14.4 Å². The van der Waals surface area contributed by atoms with Gasteiger partial charge in [0.25, 0.3) is 0 Å². The number of piperidine rings is 2. The Kier molecular flexibility index (Phi) is 5.25. The molecule has 150 valence electrons. The zero-order valence-corrected chi connectivity index (χ0v) is 16.6. The number of halogens is 1. The molecular formula is C19H24ClN5O3. The summed E-state index contributed by atoms with van der Waals surface area (Å²) in [5.74, 6) is 0.306. The van der Waals surface area contributed by atoms with E-state index in [2.05, 4.69) is 10.3 Å². The Balaban J connectivity index is 1.60. The molecule has 0 bridgehead atoms. The Morgan fingerprint density at radius 3 is 2.50 bits per heavy atom. The molecule has 0 atom stereocenters. The highest BCUT2D eigenvalue weighted by Crippen LogP contribution is 2.26. The number of aromatic nitrogens is 3. The fourth-order valence-corrected chi connectivity index (χ4v) is 4.47. The summed E-state index contributed by atoms with van der Waals surface area (Å²) in [6.45, 7) is 2.94. The second-order valence-electron chi connectivity index (χ2n) is 7.62. The van der Waals surface area contributed by atoms with Gasteiger partial charge in [-0.15, -0.1) is 0 Å². The second kappa shape index (κ2) is 7.67. The molecule has 0 unspecified atom stereocenters. The summed E-state index contributed by atoms with van der Waals surface area (Å²) in [7, 11) is 1.55. The van der Waals surface area contributed by atoms with E-state index >= 15 is 0 Å². The number of pyridine rings is 1. The summed E-state index contributed by atoms with van der Waals surface area (Å²) >= 11 is 6.03. The first-order valence-corrected chi connectivity index (χ1v) is 10.1. The Bertz CT molecular complexity index is 1020. The Morgan fingerprint density at radius 1 is 1.14 bits per heavy atom. The lowest BCUT2D eigenvalue weighted by atomic mass is 9.95. The molecule has 8 nitrogen and oxygen atoms in total. The van der Waals surface area contributed by atoms with Crippen molar-refractivity contribution in [3.63, 3.8) is 0 Å². The van der Waals surface area contributed by atoms with Gasteiger partial charge in [-0.2, -0.15) is 0 Å². The minimum absolute atomic E-state index is 0.0918. The van der Waals surface area contributed by atoms with Crippen molar-refractivity contribution in [2.75, 3.05) is 26.2 Å². The maximum Gasteiger partial charge on any atom is 0.318 e. The van der Waals surface area contributed by atoms with E-state index in [0.717, 1.165) is 25.9 Å². The smallest absolute Gasteiger partial charge is 0.318 e. The minimum atomic E-state index is -0.593. The number of hydrogen-bond donors (Lipinski definition) is 1. The predicted octanol–water partition coefficient (Wildman–Crippen LogP) is 0.912. The summed E-state index contributed by atoms with van der Waals surface area (Å²) in [5, 5.41) is 3.69. The van der Waals surface area contributed by atoms with Crippen molar-refractivity contribution in [3.8, 4) is 0 Å². The molecule has 0 aromatic carbocycles. The largest absolute Gasteiger partial charge is 0.342 e. The van der Waals surface area contributed by atoms with Crippen molar-refractivity contribution >= 4 is 28.7 Å². The van der Waals surface area contributed by atoms with Gasteiger partial charge in [0.1, 0.15) is 0 Å². The molecule has 9 heteroatoms. The van der Waals surface area contributed by atoms with Gasteiger partial charge in [0, 0.05) is 38.3 Å². The van der Waals surface area contributed by atoms with E-state index < -0.39 is 11.1 Å². The second-order valence-corrected chi connectivity index (χ2v) is 8.05. The number of aryl methyl sites for hydroxylation is 1. The van der Waals surface area contributed by atoms with E-state index in [1.165, 1.54) is 15.3 Å². The third-order valence-electron chi connectivity index (χ3n) is 5.94. The van der Waals surface area contributed by atoms with Crippen LogP contribution in [0, 0.1) is 5.92 Å². The topological polar surface area (TPSA) is 89.2 Å². The molecule has 0 radical (unpaired) electrons. The molecule has 2 saturated heterocycles. The molecule has 4 rings (SSSR count). The lowest BCUT2D eigenvalue weighted by Crippen LogP contribution is -2.48. The Hall–Kier alpha value is -2.19. The predicted molar refractivity (Wildman–Crippen MR) is 107 cm³/mol. The maximum atomic E-state index is 12.8. The highest BCUT2D eigenvalue weighted by Gasteiger charge is 2.31. The molecule has 2 aromatic heterocycles. The summed E-state index contributed by atoms with van der Waals surface area (Å²) in [5.41, 5.74) is -0.178. The minimum Gasteiger partial charge on any atom is -0.342 e. The zero-order valence-electron chi connectivity index (χ0n) is 15.9. The Morgan fingerprint density at radius 2 is 1.82 bits per heavy atom. The number of hydrogen-bond acceptors (Lipinski definition) is 5. The lowest BCUT2D eigenvalue weighted by Gasteiger charge is -2.36. The molecule has 2 fully saturated rings. The number of carbonyl (C=O) groups is 1. The van der Waals surface area contributed by atoms with Gasteiger partial charge < -0.3 is 14.8 Å². The van der Waals surface area contributed by atoms with Crippen LogP contribution in [0.1, 0.15) is 31.7 Å². The fourth-order valence-electron chi connectivity index (χ4n) is 4.32. The van der Waals surface area contributed by atoms with E-state index in [4.69, 9.17) is 11.6 Å². The van der Waals surface area contributed by atoms with Crippen LogP contribution >= 0.6 is 11.6 Å². The number of nitrogens with zero attached hydrogens (tertiary/aromatic N) is 4. The first-order valence-electron chi connectivity index (χ1n) is 9.73. The van der Waals surface area contributed by atoms with Gasteiger partial charge in [0.2, 0.25) is 5.91 Å². The van der Waals surface area contributed by atoms with Crippen molar-refractivity contribution in [1.29, 1.82) is 0 Å². The third kappa shape index (κ3) is 3.35. The summed E-state index contributed by atoms with van der Waals surface area (Å²) in [6.07, 6.45) is 4.50. The standard InChI is InChI=1S/C19H24ClN5O3/c1-23-15-10-13(20)11-22-16(15)25(19(28)18(23)27)14-4-8-24(9-5-14)17(26)12-2-6-21-7-3-12/h10-12,14,21H,2-9H2,1H3. The van der Waals surface area contributed by atoms with Crippen molar-refractivity contribution < 1.29 is 4.79 Å². The summed E-state index contributed by atoms with van der Waals surface area (Å²) in [4.78, 5) is 44.1. The van der Waals surface area contributed by atoms with Crippen LogP contribution in [0.2, 0.25) is 5.02 Å². The van der Waals surface area contributed by atoms with Crippen LogP contribution in [0.25, 0.3) is 11.2 Å². The van der Waals surface area contributed by atoms with E-state index in [1.807, 2.05) is 4.90 Å². The quantitative estimate of drug-likeness (QED) is 0.750. The molecule has 4 heterocycles. The number of amides is 1. The van der Waals surface area contributed by atoms with Crippen LogP contribution in [0.4, 0.5) is 0 Å². The molecule has 1 N–H and O–H groups in total. The van der Waals surface area contributed by atoms with Crippen LogP contribution in [-0.4, -0.2) is 51.1 Å². The highest BCUT2D eigenvalue weighted by atomic mass is 35.5. The normalized spacial score (nSPS) is 19.3. The SMILES string of the molecule is Cn1c(=O)c(=O)n(C2CCN(C(=O)C3CCNCC3)CC2)c2ncc(Cl)cc21. The average molecular weight is 406 g/mol. The number of rotatable bonds is 2. The summed E-state index contributed by atoms with van der Waals surface area (Å²) in [6, 6.07) is 1.49. The molecule has 28 heavy (non-hydrogen) atoms. The fraction of sp³-hybridized carbons (Fsp3) is 0.579. The van der Waals surface area contributed by atoms with Gasteiger partial charge in [-0.05, 0) is 44.8 Å².